The second kappa shape index (κ2) is 8.53. The number of nitrogens with zero attached hydrogens (tertiary/aromatic N) is 2. The molecule has 4 rings (SSSR count). The smallest absolute Gasteiger partial charge is 0.258 e. The first kappa shape index (κ1) is 19.3. The number of anilines is 1. The van der Waals surface area contributed by atoms with E-state index in [-0.39, 0.29) is 5.91 Å². The molecular weight excluding hydrogens is 386 g/mol. The number of benzene rings is 1. The molecule has 0 spiro atoms. The summed E-state index contributed by atoms with van der Waals surface area (Å²) in [7, 11) is 0. The van der Waals surface area contributed by atoms with Crippen molar-refractivity contribution in [2.45, 2.75) is 26.6 Å². The van der Waals surface area contributed by atoms with Crippen molar-refractivity contribution in [2.75, 3.05) is 18.5 Å². The van der Waals surface area contributed by atoms with Crippen molar-refractivity contribution in [3.63, 3.8) is 0 Å². The van der Waals surface area contributed by atoms with Crippen LogP contribution in [0.3, 0.4) is 0 Å². The molecule has 1 aromatic carbocycles. The van der Waals surface area contributed by atoms with E-state index in [1.165, 1.54) is 0 Å². The number of carbonyl (C=O) groups excluding carboxylic acids is 1. The highest BCUT2D eigenvalue weighted by Gasteiger charge is 2.38. The first-order valence-corrected chi connectivity index (χ1v) is 10.5. The van der Waals surface area contributed by atoms with Crippen LogP contribution in [0.15, 0.2) is 54.0 Å². The van der Waals surface area contributed by atoms with Crippen molar-refractivity contribution in [3.8, 4) is 11.5 Å². The molecule has 1 amide bonds. The van der Waals surface area contributed by atoms with Gasteiger partial charge in [-0.3, -0.25) is 9.78 Å². The summed E-state index contributed by atoms with van der Waals surface area (Å²) >= 11 is 1.63. The Kier molecular flexibility index (Phi) is 5.67. The van der Waals surface area contributed by atoms with E-state index in [9.17, 15) is 4.79 Å². The zero-order valence-electron chi connectivity index (χ0n) is 16.4. The minimum Gasteiger partial charge on any atom is -0.494 e. The van der Waals surface area contributed by atoms with Gasteiger partial charge in [0.1, 0.15) is 17.7 Å². The van der Waals surface area contributed by atoms with Crippen molar-refractivity contribution in [3.05, 3.63) is 70.2 Å². The quantitative estimate of drug-likeness (QED) is 0.584. The molecule has 0 saturated heterocycles. The van der Waals surface area contributed by atoms with Crippen LogP contribution in [0.25, 0.3) is 0 Å². The van der Waals surface area contributed by atoms with Gasteiger partial charge >= 0.3 is 0 Å². The summed E-state index contributed by atoms with van der Waals surface area (Å²) in [5, 5.41) is 5.50. The van der Waals surface area contributed by atoms with E-state index < -0.39 is 6.17 Å². The molecule has 1 aliphatic rings. The maximum absolute atomic E-state index is 13.1. The molecule has 1 unspecified atom stereocenters. The molecule has 7 heteroatoms. The van der Waals surface area contributed by atoms with Gasteiger partial charge in [0.05, 0.1) is 36.7 Å². The Hall–Kier alpha value is -3.06. The predicted octanol–water partition coefficient (Wildman–Crippen LogP) is 4.71. The summed E-state index contributed by atoms with van der Waals surface area (Å²) in [6.07, 6.45) is 1.33. The summed E-state index contributed by atoms with van der Waals surface area (Å²) < 4.78 is 11.5. The first-order valence-electron chi connectivity index (χ1n) is 9.65. The van der Waals surface area contributed by atoms with Crippen LogP contribution in [0.2, 0.25) is 0 Å². The summed E-state index contributed by atoms with van der Waals surface area (Å²) in [6.45, 7) is 5.52. The number of nitrogens with one attached hydrogen (secondary N) is 1. The Morgan fingerprint density at radius 1 is 1.14 bits per heavy atom. The van der Waals surface area contributed by atoms with Gasteiger partial charge in [0.25, 0.3) is 5.91 Å². The minimum atomic E-state index is -0.392. The maximum Gasteiger partial charge on any atom is 0.258 e. The number of amides is 1. The van der Waals surface area contributed by atoms with Gasteiger partial charge in [-0.2, -0.15) is 0 Å². The zero-order valence-corrected chi connectivity index (χ0v) is 17.2. The molecule has 0 bridgehead atoms. The van der Waals surface area contributed by atoms with Gasteiger partial charge in [0.2, 0.25) is 0 Å². The predicted molar refractivity (Wildman–Crippen MR) is 114 cm³/mol. The Morgan fingerprint density at radius 3 is 2.76 bits per heavy atom. The second-order valence-electron chi connectivity index (χ2n) is 6.52. The Balaban J connectivity index is 1.71. The van der Waals surface area contributed by atoms with E-state index in [0.29, 0.717) is 31.1 Å². The number of ether oxygens (including phenoxy) is 2. The number of hydrogen-bond donors (Lipinski definition) is 1. The lowest BCUT2D eigenvalue weighted by Crippen LogP contribution is -2.32. The molecule has 29 heavy (non-hydrogen) atoms. The lowest BCUT2D eigenvalue weighted by atomic mass is 10.2. The fourth-order valence-electron chi connectivity index (χ4n) is 3.42. The summed E-state index contributed by atoms with van der Waals surface area (Å²) in [5.41, 5.74) is 2.11. The highest BCUT2D eigenvalue weighted by Crippen LogP contribution is 2.38. The van der Waals surface area contributed by atoms with E-state index in [1.807, 2.05) is 60.5 Å². The molecule has 0 fully saturated rings. The van der Waals surface area contributed by atoms with Crippen LogP contribution < -0.4 is 14.8 Å². The second-order valence-corrected chi connectivity index (χ2v) is 7.55. The summed E-state index contributed by atoms with van der Waals surface area (Å²) in [5.74, 6) is 1.43. The van der Waals surface area contributed by atoms with Crippen molar-refractivity contribution in [2.24, 2.45) is 0 Å². The normalized spacial score (nSPS) is 15.3. The summed E-state index contributed by atoms with van der Waals surface area (Å²) in [6, 6.07) is 13.3. The fourth-order valence-corrected chi connectivity index (χ4v) is 4.13. The number of rotatable bonds is 8. The van der Waals surface area contributed by atoms with Gasteiger partial charge < -0.3 is 19.7 Å². The van der Waals surface area contributed by atoms with E-state index >= 15 is 0 Å². The van der Waals surface area contributed by atoms with Crippen molar-refractivity contribution >= 4 is 22.9 Å². The number of carbonyl (C=O) groups is 1. The Bertz CT molecular complexity index is 991. The molecule has 150 valence electrons. The standard InChI is InChI=1S/C22H23N3O3S/c1-3-27-15-9-10-19(28-4-2)18(13-15)24-21-20-17(8-5-11-23-20)22(26)25(21)14-16-7-6-12-29-16/h5-13,21,24H,3-4,14H2,1-2H3. The van der Waals surface area contributed by atoms with Crippen LogP contribution in [-0.4, -0.2) is 29.0 Å². The van der Waals surface area contributed by atoms with E-state index in [4.69, 9.17) is 9.47 Å². The van der Waals surface area contributed by atoms with E-state index in [1.54, 1.807) is 23.6 Å². The highest BCUT2D eigenvalue weighted by atomic mass is 32.1. The molecule has 0 radical (unpaired) electrons. The van der Waals surface area contributed by atoms with Gasteiger partial charge in [-0.25, -0.2) is 0 Å². The largest absolute Gasteiger partial charge is 0.494 e. The average Bonchev–Trinajstić information content (AvgIpc) is 3.33. The molecule has 6 nitrogen and oxygen atoms in total. The number of aromatic nitrogens is 1. The van der Waals surface area contributed by atoms with Crippen LogP contribution in [0.4, 0.5) is 5.69 Å². The highest BCUT2D eigenvalue weighted by molar-refractivity contribution is 7.09. The summed E-state index contributed by atoms with van der Waals surface area (Å²) in [4.78, 5) is 20.5. The van der Waals surface area contributed by atoms with Gasteiger partial charge in [0, 0.05) is 17.1 Å². The topological polar surface area (TPSA) is 63.7 Å². The van der Waals surface area contributed by atoms with Gasteiger partial charge in [-0.05, 0) is 49.6 Å². The third-order valence-corrected chi connectivity index (χ3v) is 5.52. The van der Waals surface area contributed by atoms with Gasteiger partial charge in [0.15, 0.2) is 0 Å². The number of pyridine rings is 1. The number of hydrogen-bond acceptors (Lipinski definition) is 6. The van der Waals surface area contributed by atoms with Crippen LogP contribution in [0.5, 0.6) is 11.5 Å². The van der Waals surface area contributed by atoms with Crippen molar-refractivity contribution < 1.29 is 14.3 Å². The SMILES string of the molecule is CCOc1ccc(OCC)c(NC2c3ncccc3C(=O)N2Cc2cccs2)c1. The molecule has 1 atom stereocenters. The average molecular weight is 410 g/mol. The maximum atomic E-state index is 13.1. The molecule has 0 aliphatic carbocycles. The molecule has 1 N–H and O–H groups in total. The Labute approximate surface area is 174 Å². The van der Waals surface area contributed by atoms with Gasteiger partial charge in [-0.1, -0.05) is 6.07 Å². The van der Waals surface area contributed by atoms with Crippen LogP contribution in [0.1, 0.15) is 40.9 Å². The third-order valence-electron chi connectivity index (χ3n) is 4.66. The Morgan fingerprint density at radius 2 is 2.00 bits per heavy atom. The first-order chi connectivity index (χ1) is 14.2. The monoisotopic (exact) mass is 409 g/mol. The molecule has 0 saturated carbocycles. The van der Waals surface area contributed by atoms with E-state index in [2.05, 4.69) is 10.3 Å². The van der Waals surface area contributed by atoms with Gasteiger partial charge in [-0.15, -0.1) is 11.3 Å². The van der Waals surface area contributed by atoms with Crippen molar-refractivity contribution in [1.82, 2.24) is 9.88 Å². The van der Waals surface area contributed by atoms with E-state index in [0.717, 1.165) is 22.0 Å². The van der Waals surface area contributed by atoms with Crippen LogP contribution in [-0.2, 0) is 6.54 Å². The minimum absolute atomic E-state index is 0.0297. The number of fused-ring (bicyclic) bond motifs is 1. The fraction of sp³-hybridized carbons (Fsp3) is 0.273. The molecule has 3 heterocycles. The molecule has 2 aromatic heterocycles. The zero-order chi connectivity index (χ0) is 20.2. The molecule has 3 aromatic rings. The van der Waals surface area contributed by atoms with Crippen molar-refractivity contribution in [1.29, 1.82) is 0 Å². The molecule has 1 aliphatic heterocycles. The lowest BCUT2D eigenvalue weighted by molar-refractivity contribution is 0.0729. The van der Waals surface area contributed by atoms with Crippen LogP contribution in [0, 0.1) is 0 Å². The molecular formula is C22H23N3O3S. The third kappa shape index (κ3) is 3.91. The lowest BCUT2D eigenvalue weighted by Gasteiger charge is -2.27. The van der Waals surface area contributed by atoms with Crippen LogP contribution >= 0.6 is 11.3 Å². The number of thiophene rings is 1.